The van der Waals surface area contributed by atoms with Crippen LogP contribution in [0.25, 0.3) is 0 Å². The zero-order chi connectivity index (χ0) is 24.3. The number of carboxylic acids is 1. The molecule has 11 heteroatoms. The van der Waals surface area contributed by atoms with Gasteiger partial charge in [-0.15, -0.1) is 0 Å². The van der Waals surface area contributed by atoms with Crippen LogP contribution in [0.2, 0.25) is 0 Å². The van der Waals surface area contributed by atoms with E-state index in [1.807, 2.05) is 13.8 Å². The summed E-state index contributed by atoms with van der Waals surface area (Å²) in [5, 5.41) is 16.9. The fourth-order valence-electron chi connectivity index (χ4n) is 2.88. The molecule has 0 aliphatic heterocycles. The van der Waals surface area contributed by atoms with E-state index >= 15 is 0 Å². The van der Waals surface area contributed by atoms with Gasteiger partial charge in [0, 0.05) is 17.9 Å². The van der Waals surface area contributed by atoms with Crippen LogP contribution in [0.1, 0.15) is 25.8 Å². The van der Waals surface area contributed by atoms with E-state index in [2.05, 4.69) is 41.2 Å². The summed E-state index contributed by atoms with van der Waals surface area (Å²) in [5.41, 5.74) is 6.58. The molecule has 0 aromatic heterocycles. The maximum absolute atomic E-state index is 12.6. The summed E-state index contributed by atoms with van der Waals surface area (Å²) in [5.74, 6) is -2.92. The highest BCUT2D eigenvalue weighted by Gasteiger charge is 2.29. The van der Waals surface area contributed by atoms with Crippen molar-refractivity contribution in [2.24, 2.45) is 11.7 Å². The lowest BCUT2D eigenvalue weighted by atomic mass is 10.0. The molecule has 0 fully saturated rings. The topological polar surface area (TPSA) is 151 Å². The summed E-state index contributed by atoms with van der Waals surface area (Å²) in [7, 11) is 0. The van der Waals surface area contributed by atoms with Crippen LogP contribution >= 0.6 is 25.3 Å². The van der Waals surface area contributed by atoms with Crippen LogP contribution in [0.15, 0.2) is 30.3 Å². The molecule has 0 spiro atoms. The standard InChI is InChI=1S/C21H32N4O5S2/c1-12(2)8-14(22)18(26)24-16(10-31)20(28)25-17(11-32)19(27)23-15(21(29)30)9-13-6-4-3-5-7-13/h3-7,12,14-17,31-32H,8-11,22H2,1-2H3,(H,23,27)(H,24,26)(H,25,28)(H,29,30). The van der Waals surface area contributed by atoms with Crippen LogP contribution < -0.4 is 21.7 Å². The summed E-state index contributed by atoms with van der Waals surface area (Å²) in [6.07, 6.45) is 0.532. The second-order valence-electron chi connectivity index (χ2n) is 7.81. The Morgan fingerprint density at radius 3 is 1.78 bits per heavy atom. The molecule has 0 saturated heterocycles. The van der Waals surface area contributed by atoms with Crippen LogP contribution in [0, 0.1) is 5.92 Å². The van der Waals surface area contributed by atoms with Crippen LogP contribution in [0.3, 0.4) is 0 Å². The van der Waals surface area contributed by atoms with Gasteiger partial charge < -0.3 is 26.8 Å². The predicted molar refractivity (Wildman–Crippen MR) is 129 cm³/mol. The molecule has 1 aromatic carbocycles. The number of carbonyl (C=O) groups excluding carboxylic acids is 3. The SMILES string of the molecule is CC(C)CC(N)C(=O)NC(CS)C(=O)NC(CS)C(=O)NC(Cc1ccccc1)C(=O)O. The third-order valence-electron chi connectivity index (χ3n) is 4.59. The maximum atomic E-state index is 12.6. The molecule has 178 valence electrons. The number of nitrogens with two attached hydrogens (primary N) is 1. The monoisotopic (exact) mass is 484 g/mol. The highest BCUT2D eigenvalue weighted by Crippen LogP contribution is 2.05. The van der Waals surface area contributed by atoms with E-state index in [4.69, 9.17) is 5.73 Å². The van der Waals surface area contributed by atoms with Crippen LogP contribution in [0.4, 0.5) is 0 Å². The third-order valence-corrected chi connectivity index (χ3v) is 5.32. The van der Waals surface area contributed by atoms with E-state index in [-0.39, 0.29) is 23.8 Å². The Morgan fingerprint density at radius 2 is 1.34 bits per heavy atom. The molecule has 4 atom stereocenters. The number of thiol groups is 2. The lowest BCUT2D eigenvalue weighted by Crippen LogP contribution is -2.58. The van der Waals surface area contributed by atoms with Crippen molar-refractivity contribution in [3.05, 3.63) is 35.9 Å². The summed E-state index contributed by atoms with van der Waals surface area (Å²) in [6.45, 7) is 3.85. The molecule has 32 heavy (non-hydrogen) atoms. The van der Waals surface area contributed by atoms with Crippen LogP contribution in [-0.4, -0.2) is 64.5 Å². The van der Waals surface area contributed by atoms with E-state index in [0.717, 1.165) is 5.56 Å². The third kappa shape index (κ3) is 9.49. The van der Waals surface area contributed by atoms with Gasteiger partial charge in [0.05, 0.1) is 6.04 Å². The summed E-state index contributed by atoms with van der Waals surface area (Å²) >= 11 is 8.19. The Morgan fingerprint density at radius 1 is 0.875 bits per heavy atom. The minimum atomic E-state index is -1.20. The van der Waals surface area contributed by atoms with Crippen molar-refractivity contribution in [3.8, 4) is 0 Å². The zero-order valence-electron chi connectivity index (χ0n) is 18.2. The first-order valence-corrected chi connectivity index (χ1v) is 11.5. The minimum Gasteiger partial charge on any atom is -0.480 e. The zero-order valence-corrected chi connectivity index (χ0v) is 19.9. The van der Waals surface area contributed by atoms with Crippen molar-refractivity contribution >= 4 is 48.9 Å². The Bertz CT molecular complexity index is 779. The van der Waals surface area contributed by atoms with Crippen molar-refractivity contribution < 1.29 is 24.3 Å². The number of hydrogen-bond acceptors (Lipinski definition) is 7. The minimum absolute atomic E-state index is 0.0152. The van der Waals surface area contributed by atoms with Gasteiger partial charge in [0.1, 0.15) is 18.1 Å². The molecule has 0 bridgehead atoms. The van der Waals surface area contributed by atoms with Gasteiger partial charge >= 0.3 is 5.97 Å². The summed E-state index contributed by atoms with van der Waals surface area (Å²) < 4.78 is 0. The fraction of sp³-hybridized carbons (Fsp3) is 0.524. The van der Waals surface area contributed by atoms with E-state index in [9.17, 15) is 24.3 Å². The second-order valence-corrected chi connectivity index (χ2v) is 8.54. The van der Waals surface area contributed by atoms with Gasteiger partial charge in [-0.25, -0.2) is 4.79 Å². The van der Waals surface area contributed by atoms with Crippen LogP contribution in [0.5, 0.6) is 0 Å². The van der Waals surface area contributed by atoms with Crippen LogP contribution in [-0.2, 0) is 25.6 Å². The number of hydrogen-bond donors (Lipinski definition) is 7. The Hall–Kier alpha value is -2.24. The van der Waals surface area contributed by atoms with Gasteiger partial charge in [-0.3, -0.25) is 14.4 Å². The summed E-state index contributed by atoms with van der Waals surface area (Å²) in [4.78, 5) is 49.0. The molecule has 0 aliphatic carbocycles. The van der Waals surface area contributed by atoms with E-state index in [0.29, 0.717) is 6.42 Å². The average Bonchev–Trinajstić information content (AvgIpc) is 2.74. The second kappa shape index (κ2) is 14.0. The lowest BCUT2D eigenvalue weighted by Gasteiger charge is -2.24. The number of rotatable bonds is 13. The molecule has 0 aliphatic rings. The van der Waals surface area contributed by atoms with Gasteiger partial charge in [-0.1, -0.05) is 44.2 Å². The first-order chi connectivity index (χ1) is 15.1. The lowest BCUT2D eigenvalue weighted by molar-refractivity contribution is -0.142. The normalized spacial score (nSPS) is 14.7. The first kappa shape index (κ1) is 27.8. The van der Waals surface area contributed by atoms with E-state index in [1.54, 1.807) is 30.3 Å². The smallest absolute Gasteiger partial charge is 0.326 e. The number of carboxylic acid groups (broad SMARTS) is 1. The molecule has 3 amide bonds. The largest absolute Gasteiger partial charge is 0.480 e. The quantitative estimate of drug-likeness (QED) is 0.196. The molecule has 6 N–H and O–H groups in total. The number of aliphatic carboxylic acids is 1. The predicted octanol–water partition coefficient (Wildman–Crippen LogP) is 0.00110. The summed E-state index contributed by atoms with van der Waals surface area (Å²) in [6, 6.07) is 4.77. The highest BCUT2D eigenvalue weighted by atomic mass is 32.1. The Labute approximate surface area is 199 Å². The average molecular weight is 485 g/mol. The van der Waals surface area contributed by atoms with Crippen molar-refractivity contribution in [3.63, 3.8) is 0 Å². The molecule has 0 heterocycles. The molecule has 0 saturated carbocycles. The number of carbonyl (C=O) groups is 4. The molecule has 9 nitrogen and oxygen atoms in total. The van der Waals surface area contributed by atoms with E-state index in [1.165, 1.54) is 0 Å². The molecular formula is C21H32N4O5S2. The molecule has 4 unspecified atom stereocenters. The van der Waals surface area contributed by atoms with Crippen molar-refractivity contribution in [1.29, 1.82) is 0 Å². The maximum Gasteiger partial charge on any atom is 0.326 e. The number of nitrogens with one attached hydrogen (secondary N) is 3. The molecule has 0 radical (unpaired) electrons. The number of amides is 3. The number of benzene rings is 1. The van der Waals surface area contributed by atoms with Gasteiger partial charge in [0.15, 0.2) is 0 Å². The van der Waals surface area contributed by atoms with Gasteiger partial charge in [-0.2, -0.15) is 25.3 Å². The van der Waals surface area contributed by atoms with Crippen molar-refractivity contribution in [1.82, 2.24) is 16.0 Å². The molecular weight excluding hydrogens is 452 g/mol. The van der Waals surface area contributed by atoms with Crippen molar-refractivity contribution in [2.75, 3.05) is 11.5 Å². The molecule has 1 aromatic rings. The molecule has 1 rings (SSSR count). The highest BCUT2D eigenvalue weighted by molar-refractivity contribution is 7.80. The Balaban J connectivity index is 2.75. The van der Waals surface area contributed by atoms with E-state index < -0.39 is 47.9 Å². The van der Waals surface area contributed by atoms with Crippen molar-refractivity contribution in [2.45, 2.75) is 50.9 Å². The Kier molecular flexibility index (Phi) is 12.2. The fourth-order valence-corrected chi connectivity index (χ4v) is 3.39. The van der Waals surface area contributed by atoms with Gasteiger partial charge in [0.2, 0.25) is 17.7 Å². The first-order valence-electron chi connectivity index (χ1n) is 10.2. The van der Waals surface area contributed by atoms with Gasteiger partial charge in [-0.05, 0) is 17.9 Å². The van der Waals surface area contributed by atoms with Gasteiger partial charge in [0.25, 0.3) is 0 Å².